The van der Waals surface area contributed by atoms with Crippen molar-refractivity contribution in [3.63, 3.8) is 0 Å². The predicted octanol–water partition coefficient (Wildman–Crippen LogP) is 2.80. The molecule has 36 heavy (non-hydrogen) atoms. The molecule has 1 amide bonds. The van der Waals surface area contributed by atoms with E-state index in [2.05, 4.69) is 17.2 Å². The van der Waals surface area contributed by atoms with Crippen LogP contribution in [0.5, 0.6) is 0 Å². The minimum absolute atomic E-state index is 0.0601. The fourth-order valence-corrected chi connectivity index (χ4v) is 5.93. The summed E-state index contributed by atoms with van der Waals surface area (Å²) in [7, 11) is -3.34. The minimum atomic E-state index is -3.34. The van der Waals surface area contributed by atoms with Crippen molar-refractivity contribution in [2.75, 3.05) is 37.8 Å². The first-order valence-electron chi connectivity index (χ1n) is 12.4. The summed E-state index contributed by atoms with van der Waals surface area (Å²) in [6.07, 6.45) is 4.89. The zero-order valence-corrected chi connectivity index (χ0v) is 22.5. The Morgan fingerprint density at radius 3 is 2.58 bits per heavy atom. The summed E-state index contributed by atoms with van der Waals surface area (Å²) in [5.41, 5.74) is 0.446. The van der Waals surface area contributed by atoms with E-state index in [9.17, 15) is 18.3 Å². The molecule has 4 heterocycles. The number of aliphatic hydroxyl groups is 1. The molecule has 4 atom stereocenters. The van der Waals surface area contributed by atoms with Crippen LogP contribution >= 0.6 is 0 Å². The van der Waals surface area contributed by atoms with Gasteiger partial charge in [0.1, 0.15) is 11.4 Å². The molecule has 0 aromatic carbocycles. The van der Waals surface area contributed by atoms with Gasteiger partial charge >= 0.3 is 6.09 Å². The number of carbonyl (C=O) groups is 1. The summed E-state index contributed by atoms with van der Waals surface area (Å²) < 4.78 is 30.5. The fraction of sp³-hybridized carbons (Fsp3) is 0.640. The van der Waals surface area contributed by atoms with E-state index in [0.717, 1.165) is 29.1 Å². The molecule has 2 aliphatic rings. The molecule has 10 nitrogen and oxygen atoms in total. The Kier molecular flexibility index (Phi) is 7.45. The van der Waals surface area contributed by atoms with Crippen molar-refractivity contribution in [1.29, 1.82) is 0 Å². The van der Waals surface area contributed by atoms with Crippen LogP contribution in [0.2, 0.25) is 0 Å². The van der Waals surface area contributed by atoms with E-state index in [1.54, 1.807) is 17.3 Å². The smallest absolute Gasteiger partial charge is 0.410 e. The Labute approximate surface area is 213 Å². The maximum absolute atomic E-state index is 12.6. The second-order valence-electron chi connectivity index (χ2n) is 11.0. The molecule has 0 aliphatic carbocycles. The first kappa shape index (κ1) is 26.6. The number of ether oxygens (including phenoxy) is 1. The summed E-state index contributed by atoms with van der Waals surface area (Å²) in [6, 6.07) is 3.58. The van der Waals surface area contributed by atoms with Crippen LogP contribution in [0.4, 0.5) is 10.6 Å². The van der Waals surface area contributed by atoms with Gasteiger partial charge in [0, 0.05) is 55.3 Å². The van der Waals surface area contributed by atoms with Crippen LogP contribution in [0.25, 0.3) is 10.8 Å². The van der Waals surface area contributed by atoms with Crippen LogP contribution in [0.15, 0.2) is 24.5 Å². The third-order valence-corrected chi connectivity index (χ3v) is 8.20. The summed E-state index contributed by atoms with van der Waals surface area (Å²) in [4.78, 5) is 23.6. The molecule has 0 unspecified atom stereocenters. The Balaban J connectivity index is 1.50. The number of β-amino-alcohol motifs (C(OH)–C–C–N with tert-alkyl or cyclic N) is 1. The summed E-state index contributed by atoms with van der Waals surface area (Å²) >= 11 is 0. The molecule has 0 bridgehead atoms. The van der Waals surface area contributed by atoms with Gasteiger partial charge in [-0.05, 0) is 51.7 Å². The molecular formula is C25H37N5O5S. The van der Waals surface area contributed by atoms with Crippen LogP contribution in [0, 0.1) is 5.92 Å². The van der Waals surface area contributed by atoms with Gasteiger partial charge in [0.2, 0.25) is 10.0 Å². The van der Waals surface area contributed by atoms with E-state index in [4.69, 9.17) is 9.72 Å². The number of nitrogens with one attached hydrogen (secondary N) is 1. The minimum Gasteiger partial charge on any atom is -0.444 e. The van der Waals surface area contributed by atoms with Crippen LogP contribution in [0.1, 0.15) is 52.1 Å². The van der Waals surface area contributed by atoms with Crippen molar-refractivity contribution in [1.82, 2.24) is 19.2 Å². The van der Waals surface area contributed by atoms with Gasteiger partial charge < -0.3 is 20.1 Å². The lowest BCUT2D eigenvalue weighted by molar-refractivity contribution is 0.0154. The second-order valence-corrected chi connectivity index (χ2v) is 13.0. The number of carbonyl (C=O) groups excluding carboxylic acids is 1. The average molecular weight is 520 g/mol. The van der Waals surface area contributed by atoms with E-state index < -0.39 is 21.7 Å². The molecule has 2 saturated heterocycles. The molecule has 2 fully saturated rings. The predicted molar refractivity (Wildman–Crippen MR) is 138 cm³/mol. The fourth-order valence-electron chi connectivity index (χ4n) is 5.07. The Morgan fingerprint density at radius 1 is 1.19 bits per heavy atom. The molecule has 2 N–H and O–H groups in total. The maximum Gasteiger partial charge on any atom is 0.410 e. The van der Waals surface area contributed by atoms with Crippen LogP contribution < -0.4 is 5.32 Å². The first-order valence-corrected chi connectivity index (χ1v) is 14.3. The van der Waals surface area contributed by atoms with Crippen molar-refractivity contribution >= 4 is 32.7 Å². The van der Waals surface area contributed by atoms with E-state index in [1.807, 2.05) is 32.9 Å². The summed E-state index contributed by atoms with van der Waals surface area (Å²) in [5, 5.41) is 15.8. The summed E-state index contributed by atoms with van der Waals surface area (Å²) in [6.45, 7) is 9.35. The van der Waals surface area contributed by atoms with Crippen molar-refractivity contribution in [2.45, 2.75) is 64.2 Å². The van der Waals surface area contributed by atoms with Crippen LogP contribution in [0.3, 0.4) is 0 Å². The normalized spacial score (nSPS) is 26.1. The number of rotatable bonds is 4. The van der Waals surface area contributed by atoms with Gasteiger partial charge in [0.15, 0.2) is 0 Å². The number of nitrogens with zero attached hydrogens (tertiary/aromatic N) is 4. The highest BCUT2D eigenvalue weighted by atomic mass is 32.2. The topological polar surface area (TPSA) is 125 Å². The van der Waals surface area contributed by atoms with Gasteiger partial charge in [-0.2, -0.15) is 4.31 Å². The van der Waals surface area contributed by atoms with E-state index in [1.165, 1.54) is 4.31 Å². The van der Waals surface area contributed by atoms with Gasteiger partial charge in [-0.1, -0.05) is 6.92 Å². The van der Waals surface area contributed by atoms with E-state index in [-0.39, 0.29) is 30.5 Å². The molecule has 198 valence electrons. The van der Waals surface area contributed by atoms with Gasteiger partial charge in [-0.25, -0.2) is 18.2 Å². The molecule has 4 rings (SSSR count). The molecule has 2 aliphatic heterocycles. The van der Waals surface area contributed by atoms with E-state index in [0.29, 0.717) is 31.9 Å². The third-order valence-electron chi connectivity index (χ3n) is 6.93. The number of piperidine rings is 2. The zero-order valence-electron chi connectivity index (χ0n) is 21.6. The van der Waals surface area contributed by atoms with Gasteiger partial charge in [-0.15, -0.1) is 0 Å². The number of sulfonamides is 1. The highest BCUT2D eigenvalue weighted by molar-refractivity contribution is 7.88. The lowest BCUT2D eigenvalue weighted by Crippen LogP contribution is -2.51. The molecule has 0 radical (unpaired) electrons. The average Bonchev–Trinajstić information content (AvgIpc) is 2.78. The van der Waals surface area contributed by atoms with Crippen molar-refractivity contribution in [2.24, 2.45) is 5.92 Å². The van der Waals surface area contributed by atoms with Crippen molar-refractivity contribution in [3.05, 3.63) is 30.2 Å². The number of pyridine rings is 2. The molecule has 2 aromatic rings. The highest BCUT2D eigenvalue weighted by Crippen LogP contribution is 2.36. The number of hydrogen-bond acceptors (Lipinski definition) is 8. The Bertz CT molecular complexity index is 1220. The van der Waals surface area contributed by atoms with Gasteiger partial charge in [0.05, 0.1) is 24.1 Å². The number of aliphatic hydroxyl groups excluding tert-OH is 1. The van der Waals surface area contributed by atoms with Gasteiger partial charge in [-0.3, -0.25) is 4.98 Å². The number of likely N-dealkylation sites (tertiary alicyclic amines) is 1. The van der Waals surface area contributed by atoms with Crippen molar-refractivity contribution < 1.29 is 23.1 Å². The molecule has 2 aromatic heterocycles. The SMILES string of the molecule is C[C@@H]1CN(C(=O)OC(C)(C)C)CC[C@H]1c1nccc2cnc(N[C@@H]3CCN(S(C)(=O)=O)C[C@H]3O)cc12. The Morgan fingerprint density at radius 2 is 1.94 bits per heavy atom. The lowest BCUT2D eigenvalue weighted by atomic mass is 9.82. The molecule has 11 heteroatoms. The van der Waals surface area contributed by atoms with Gasteiger partial charge in [0.25, 0.3) is 0 Å². The summed E-state index contributed by atoms with van der Waals surface area (Å²) in [5.74, 6) is 0.981. The molecular weight excluding hydrogens is 482 g/mol. The van der Waals surface area contributed by atoms with Crippen LogP contribution in [-0.2, 0) is 14.8 Å². The monoisotopic (exact) mass is 519 g/mol. The zero-order chi connectivity index (χ0) is 26.3. The first-order chi connectivity index (χ1) is 16.8. The number of fused-ring (bicyclic) bond motifs is 1. The number of hydrogen-bond donors (Lipinski definition) is 2. The number of aromatic nitrogens is 2. The molecule has 0 saturated carbocycles. The Hall–Kier alpha value is -2.50. The standard InChI is InChI=1S/C25H37N5O5S/c1-16-14-29(24(32)35-25(2,3)4)10-7-18(16)23-19-12-22(27-13-17(19)6-9-26-23)28-20-8-11-30(15-21(20)31)36(5,33)34/h6,9,12-13,16,18,20-21,31H,7-8,10-11,14-15H2,1-5H3,(H,27,28)/t16-,18-,20-,21-/m1/s1. The van der Waals surface area contributed by atoms with E-state index >= 15 is 0 Å². The highest BCUT2D eigenvalue weighted by Gasteiger charge is 2.34. The quantitative estimate of drug-likeness (QED) is 0.632. The maximum atomic E-state index is 12.6. The van der Waals surface area contributed by atoms with Crippen molar-refractivity contribution in [3.8, 4) is 0 Å². The number of amides is 1. The lowest BCUT2D eigenvalue weighted by Gasteiger charge is -2.37. The van der Waals surface area contributed by atoms with Crippen LogP contribution in [-0.4, -0.2) is 89.0 Å². The number of anilines is 1. The third kappa shape index (κ3) is 6.07. The molecule has 0 spiro atoms. The second kappa shape index (κ2) is 10.1. The largest absolute Gasteiger partial charge is 0.444 e.